The van der Waals surface area contributed by atoms with Crippen molar-refractivity contribution in [1.29, 1.82) is 0 Å². The molecule has 2 rings (SSSR count). The van der Waals surface area contributed by atoms with Crippen LogP contribution in [0.5, 0.6) is 0 Å². The Hall–Kier alpha value is -1.46. The molecule has 1 unspecified atom stereocenters. The molecule has 1 saturated heterocycles. The number of anilines is 2. The second-order valence-corrected chi connectivity index (χ2v) is 6.94. The van der Waals surface area contributed by atoms with E-state index in [1.165, 1.54) is 0 Å². The van der Waals surface area contributed by atoms with Gasteiger partial charge in [-0.25, -0.2) is 0 Å². The van der Waals surface area contributed by atoms with Crippen molar-refractivity contribution < 1.29 is 9.59 Å². The number of hydrogen-bond donors (Lipinski definition) is 2. The summed E-state index contributed by atoms with van der Waals surface area (Å²) in [5.41, 5.74) is 6.48. The van der Waals surface area contributed by atoms with Crippen LogP contribution in [0.4, 0.5) is 11.4 Å². The van der Waals surface area contributed by atoms with Crippen LogP contribution in [0, 0.1) is 11.8 Å². The Labute approximate surface area is 146 Å². The first-order chi connectivity index (χ1) is 10.8. The van der Waals surface area contributed by atoms with Crippen LogP contribution < -0.4 is 11.1 Å². The van der Waals surface area contributed by atoms with Gasteiger partial charge in [-0.1, -0.05) is 37.0 Å². The van der Waals surface area contributed by atoms with E-state index in [4.69, 9.17) is 28.9 Å². The van der Waals surface area contributed by atoms with Gasteiger partial charge in [-0.05, 0) is 25.0 Å². The normalized spacial score (nSPS) is 18.1. The lowest BCUT2D eigenvalue weighted by Crippen LogP contribution is -2.45. The topological polar surface area (TPSA) is 75.4 Å². The van der Waals surface area contributed by atoms with Crippen LogP contribution in [0.2, 0.25) is 10.0 Å². The second kappa shape index (κ2) is 7.41. The fourth-order valence-electron chi connectivity index (χ4n) is 2.66. The lowest BCUT2D eigenvalue weighted by atomic mass is 9.96. The lowest BCUT2D eigenvalue weighted by Gasteiger charge is -2.33. The van der Waals surface area contributed by atoms with E-state index in [-0.39, 0.29) is 29.3 Å². The summed E-state index contributed by atoms with van der Waals surface area (Å²) in [5, 5.41) is 3.41. The molecule has 1 aliphatic rings. The maximum absolute atomic E-state index is 12.4. The monoisotopic (exact) mass is 357 g/mol. The molecule has 0 aromatic heterocycles. The van der Waals surface area contributed by atoms with Crippen LogP contribution in [0.25, 0.3) is 0 Å². The average Bonchev–Trinajstić information content (AvgIpc) is 2.51. The maximum Gasteiger partial charge on any atom is 0.229 e. The number of nitrogens with one attached hydrogen (secondary N) is 1. The predicted octanol–water partition coefficient (Wildman–Crippen LogP) is 3.41. The van der Waals surface area contributed by atoms with Gasteiger partial charge in [0.25, 0.3) is 0 Å². The highest BCUT2D eigenvalue weighted by Gasteiger charge is 2.29. The molecule has 1 atom stereocenters. The van der Waals surface area contributed by atoms with Crippen molar-refractivity contribution in [2.24, 2.45) is 11.8 Å². The molecular weight excluding hydrogens is 337 g/mol. The van der Waals surface area contributed by atoms with Crippen LogP contribution in [0.15, 0.2) is 12.1 Å². The number of rotatable bonds is 3. The number of nitrogens with two attached hydrogens (primary N) is 1. The van der Waals surface area contributed by atoms with E-state index in [9.17, 15) is 9.59 Å². The lowest BCUT2D eigenvalue weighted by molar-refractivity contribution is -0.137. The van der Waals surface area contributed by atoms with Crippen molar-refractivity contribution in [3.63, 3.8) is 0 Å². The number of halogens is 2. The smallest absolute Gasteiger partial charge is 0.229 e. The van der Waals surface area contributed by atoms with E-state index in [2.05, 4.69) is 5.32 Å². The SMILES string of the molecule is CC(C)C(=O)N1CCCC(C(=O)Nc2cc(Cl)c(N)c(Cl)c2)C1. The van der Waals surface area contributed by atoms with Gasteiger partial charge in [0.05, 0.1) is 21.7 Å². The van der Waals surface area contributed by atoms with Crippen LogP contribution >= 0.6 is 23.2 Å². The fourth-order valence-corrected chi connectivity index (χ4v) is 3.14. The number of carbonyl (C=O) groups excluding carboxylic acids is 2. The molecule has 0 spiro atoms. The summed E-state index contributed by atoms with van der Waals surface area (Å²) in [7, 11) is 0. The first-order valence-corrected chi connectivity index (χ1v) is 8.39. The molecule has 0 saturated carbocycles. The molecule has 5 nitrogen and oxygen atoms in total. The zero-order valence-electron chi connectivity index (χ0n) is 13.2. The van der Waals surface area contributed by atoms with Gasteiger partial charge in [0, 0.05) is 24.7 Å². The zero-order chi connectivity index (χ0) is 17.1. The van der Waals surface area contributed by atoms with Gasteiger partial charge in [0.15, 0.2) is 0 Å². The van der Waals surface area contributed by atoms with Crippen LogP contribution in [0.3, 0.4) is 0 Å². The molecule has 1 aromatic rings. The predicted molar refractivity (Wildman–Crippen MR) is 93.6 cm³/mol. The summed E-state index contributed by atoms with van der Waals surface area (Å²) in [5.74, 6) is -0.350. The highest BCUT2D eigenvalue weighted by atomic mass is 35.5. The van der Waals surface area contributed by atoms with Gasteiger partial charge in [-0.15, -0.1) is 0 Å². The number of benzene rings is 1. The zero-order valence-corrected chi connectivity index (χ0v) is 14.7. The molecular formula is C16H21Cl2N3O2. The summed E-state index contributed by atoms with van der Waals surface area (Å²) in [6.45, 7) is 4.88. The van der Waals surface area contributed by atoms with Crippen molar-refractivity contribution in [2.75, 3.05) is 24.1 Å². The van der Waals surface area contributed by atoms with E-state index in [1.54, 1.807) is 17.0 Å². The molecule has 2 amide bonds. The highest BCUT2D eigenvalue weighted by molar-refractivity contribution is 6.39. The van der Waals surface area contributed by atoms with E-state index in [0.717, 1.165) is 12.8 Å². The fraction of sp³-hybridized carbons (Fsp3) is 0.500. The number of carbonyl (C=O) groups is 2. The van der Waals surface area contributed by atoms with Gasteiger partial charge in [-0.3, -0.25) is 9.59 Å². The van der Waals surface area contributed by atoms with E-state index in [1.807, 2.05) is 13.8 Å². The standard InChI is InChI=1S/C16H21Cl2N3O2/c1-9(2)16(23)21-5-3-4-10(8-21)15(22)20-11-6-12(17)14(19)13(18)7-11/h6-7,9-10H,3-5,8,19H2,1-2H3,(H,20,22). The Balaban J connectivity index is 2.04. The molecule has 1 aromatic carbocycles. The van der Waals surface area contributed by atoms with Crippen LogP contribution in [-0.4, -0.2) is 29.8 Å². The molecule has 7 heteroatoms. The minimum atomic E-state index is -0.235. The summed E-state index contributed by atoms with van der Waals surface area (Å²) in [6, 6.07) is 3.14. The average molecular weight is 358 g/mol. The molecule has 1 fully saturated rings. The number of hydrogen-bond acceptors (Lipinski definition) is 3. The molecule has 3 N–H and O–H groups in total. The molecule has 23 heavy (non-hydrogen) atoms. The Kier molecular flexibility index (Phi) is 5.76. The molecule has 1 heterocycles. The van der Waals surface area contributed by atoms with Gasteiger partial charge in [0.2, 0.25) is 11.8 Å². The molecule has 126 valence electrons. The number of amides is 2. The van der Waals surface area contributed by atoms with E-state index < -0.39 is 0 Å². The minimum absolute atomic E-state index is 0.0634. The van der Waals surface area contributed by atoms with Crippen molar-refractivity contribution in [2.45, 2.75) is 26.7 Å². The Morgan fingerprint density at radius 2 is 1.91 bits per heavy atom. The quantitative estimate of drug-likeness (QED) is 0.813. The van der Waals surface area contributed by atoms with Crippen molar-refractivity contribution >= 4 is 46.4 Å². The van der Waals surface area contributed by atoms with Gasteiger partial charge < -0.3 is 16.0 Å². The molecule has 1 aliphatic heterocycles. The third-order valence-electron chi connectivity index (χ3n) is 3.94. The summed E-state index contributed by atoms with van der Waals surface area (Å²) in [6.07, 6.45) is 1.57. The summed E-state index contributed by atoms with van der Waals surface area (Å²) >= 11 is 11.9. The summed E-state index contributed by atoms with van der Waals surface area (Å²) in [4.78, 5) is 26.3. The summed E-state index contributed by atoms with van der Waals surface area (Å²) < 4.78 is 0. The molecule has 0 aliphatic carbocycles. The number of likely N-dealkylation sites (tertiary alicyclic amines) is 1. The minimum Gasteiger partial charge on any atom is -0.396 e. The van der Waals surface area contributed by atoms with E-state index in [0.29, 0.717) is 28.8 Å². The Morgan fingerprint density at radius 1 is 1.30 bits per heavy atom. The third-order valence-corrected chi connectivity index (χ3v) is 4.57. The van der Waals surface area contributed by atoms with Gasteiger partial charge in [-0.2, -0.15) is 0 Å². The highest BCUT2D eigenvalue weighted by Crippen LogP contribution is 2.31. The maximum atomic E-state index is 12.4. The largest absolute Gasteiger partial charge is 0.396 e. The first kappa shape index (κ1) is 17.9. The third kappa shape index (κ3) is 4.30. The first-order valence-electron chi connectivity index (χ1n) is 7.63. The van der Waals surface area contributed by atoms with Gasteiger partial charge >= 0.3 is 0 Å². The number of piperidine rings is 1. The Bertz CT molecular complexity index is 596. The van der Waals surface area contributed by atoms with Crippen LogP contribution in [0.1, 0.15) is 26.7 Å². The van der Waals surface area contributed by atoms with Crippen molar-refractivity contribution in [3.8, 4) is 0 Å². The van der Waals surface area contributed by atoms with Crippen LogP contribution in [-0.2, 0) is 9.59 Å². The van der Waals surface area contributed by atoms with Crippen molar-refractivity contribution in [1.82, 2.24) is 4.90 Å². The molecule has 0 bridgehead atoms. The number of nitrogen functional groups attached to an aromatic ring is 1. The van der Waals surface area contributed by atoms with Gasteiger partial charge in [0.1, 0.15) is 0 Å². The second-order valence-electron chi connectivity index (χ2n) is 6.12. The number of nitrogens with zero attached hydrogens (tertiary/aromatic N) is 1. The Morgan fingerprint density at radius 3 is 2.48 bits per heavy atom. The van der Waals surface area contributed by atoms with E-state index >= 15 is 0 Å². The van der Waals surface area contributed by atoms with Crippen molar-refractivity contribution in [3.05, 3.63) is 22.2 Å². The molecule has 0 radical (unpaired) electrons.